The molecule has 1 aliphatic heterocycles. The number of carbonyl (C=O) groups is 1. The van der Waals surface area contributed by atoms with E-state index >= 15 is 0 Å². The van der Waals surface area contributed by atoms with Crippen LogP contribution in [0.5, 0.6) is 0 Å². The minimum absolute atomic E-state index is 0.0947. The van der Waals surface area contributed by atoms with Gasteiger partial charge in [-0.05, 0) is 48.2 Å². The minimum atomic E-state index is -3.69. The molecule has 12 nitrogen and oxygen atoms in total. The van der Waals surface area contributed by atoms with Crippen LogP contribution < -0.4 is 10.2 Å². The molecule has 0 spiro atoms. The first kappa shape index (κ1) is 22.6. The number of fused-ring (bicyclic) bond motifs is 1. The van der Waals surface area contributed by atoms with Crippen molar-refractivity contribution in [3.63, 3.8) is 0 Å². The van der Waals surface area contributed by atoms with Crippen molar-refractivity contribution in [2.45, 2.75) is 24.7 Å². The summed E-state index contributed by atoms with van der Waals surface area (Å²) in [4.78, 5) is 29.0. The number of carbonyl (C=O) groups excluding carboxylic acids is 1. The first-order chi connectivity index (χ1) is 15.7. The van der Waals surface area contributed by atoms with Crippen molar-refractivity contribution in [1.29, 1.82) is 0 Å². The van der Waals surface area contributed by atoms with Gasteiger partial charge >= 0.3 is 0 Å². The Bertz CT molecular complexity index is 1310. The van der Waals surface area contributed by atoms with E-state index in [2.05, 4.69) is 15.6 Å². The Morgan fingerprint density at radius 3 is 2.88 bits per heavy atom. The van der Waals surface area contributed by atoms with Crippen molar-refractivity contribution in [3.8, 4) is 0 Å². The summed E-state index contributed by atoms with van der Waals surface area (Å²) in [6.45, 7) is 2.49. The molecule has 1 N–H and O–H groups in total. The van der Waals surface area contributed by atoms with Gasteiger partial charge in [0.25, 0.3) is 11.6 Å². The van der Waals surface area contributed by atoms with Crippen LogP contribution in [0.4, 0.5) is 11.4 Å². The van der Waals surface area contributed by atoms with Gasteiger partial charge in [-0.3, -0.25) is 14.9 Å². The van der Waals surface area contributed by atoms with Crippen molar-refractivity contribution in [2.24, 2.45) is 5.92 Å². The van der Waals surface area contributed by atoms with Gasteiger partial charge < -0.3 is 10.2 Å². The average molecular weight is 474 g/mol. The van der Waals surface area contributed by atoms with Gasteiger partial charge in [0, 0.05) is 30.9 Å². The molecule has 174 valence electrons. The van der Waals surface area contributed by atoms with Gasteiger partial charge in [0.15, 0.2) is 6.61 Å². The van der Waals surface area contributed by atoms with Crippen LogP contribution in [0.15, 0.2) is 47.4 Å². The number of piperidine rings is 1. The van der Waals surface area contributed by atoms with Crippen LogP contribution in [0, 0.1) is 16.0 Å². The lowest BCUT2D eigenvalue weighted by atomic mass is 10.0. The number of sulfonamides is 1. The first-order valence-corrected chi connectivity index (χ1v) is 11.7. The van der Waals surface area contributed by atoms with E-state index in [4.69, 9.17) is 4.84 Å². The number of amides is 1. The summed E-state index contributed by atoms with van der Waals surface area (Å²) in [5, 5.41) is 21.1. The van der Waals surface area contributed by atoms with Gasteiger partial charge in [-0.15, -0.1) is 5.10 Å². The second-order valence-electron chi connectivity index (χ2n) is 7.85. The summed E-state index contributed by atoms with van der Waals surface area (Å²) >= 11 is 0. The highest BCUT2D eigenvalue weighted by Gasteiger charge is 2.29. The highest BCUT2D eigenvalue weighted by atomic mass is 32.2. The molecule has 1 unspecified atom stereocenters. The second-order valence-corrected chi connectivity index (χ2v) is 9.79. The van der Waals surface area contributed by atoms with E-state index in [9.17, 15) is 23.3 Å². The van der Waals surface area contributed by atoms with E-state index < -0.39 is 27.5 Å². The predicted molar refractivity (Wildman–Crippen MR) is 118 cm³/mol. The molecular formula is C20H22N6O6S. The second kappa shape index (κ2) is 9.11. The van der Waals surface area contributed by atoms with Crippen molar-refractivity contribution in [2.75, 3.05) is 25.0 Å². The zero-order valence-electron chi connectivity index (χ0n) is 17.7. The van der Waals surface area contributed by atoms with E-state index in [1.54, 1.807) is 0 Å². The molecule has 0 radical (unpaired) electrons. The molecule has 1 fully saturated rings. The summed E-state index contributed by atoms with van der Waals surface area (Å²) in [7, 11) is -3.69. The number of hydrogen-bond donors (Lipinski definition) is 1. The summed E-state index contributed by atoms with van der Waals surface area (Å²) in [5.74, 6) is -0.289. The SMILES string of the molecule is CC1CCCN(S(=O)(=O)c2ccc3nnn(OCC(=O)Nc4cccc([N+](=O)[O-])c4)c3c2)C1. The van der Waals surface area contributed by atoms with Gasteiger partial charge in [0.05, 0.1) is 9.82 Å². The summed E-state index contributed by atoms with van der Waals surface area (Å²) in [6, 6.07) is 9.92. The molecule has 3 aromatic rings. The van der Waals surface area contributed by atoms with E-state index in [0.29, 0.717) is 24.1 Å². The largest absolute Gasteiger partial charge is 0.385 e. The molecule has 1 saturated heterocycles. The van der Waals surface area contributed by atoms with Crippen LogP contribution >= 0.6 is 0 Å². The van der Waals surface area contributed by atoms with Gasteiger partial charge in [-0.25, -0.2) is 8.42 Å². The molecule has 1 aliphatic rings. The summed E-state index contributed by atoms with van der Waals surface area (Å²) in [6.07, 6.45) is 1.80. The van der Waals surface area contributed by atoms with E-state index in [1.165, 1.54) is 46.8 Å². The number of non-ortho nitro benzene ring substituents is 1. The number of hydrogen-bond acceptors (Lipinski definition) is 8. The Hall–Kier alpha value is -3.58. The smallest absolute Gasteiger partial charge is 0.271 e. The highest BCUT2D eigenvalue weighted by molar-refractivity contribution is 7.89. The van der Waals surface area contributed by atoms with Gasteiger partial charge in [0.2, 0.25) is 10.0 Å². The maximum absolute atomic E-state index is 13.1. The maximum Gasteiger partial charge on any atom is 0.271 e. The van der Waals surface area contributed by atoms with Crippen molar-refractivity contribution in [1.82, 2.24) is 19.5 Å². The Balaban J connectivity index is 1.48. The fraction of sp³-hybridized carbons (Fsp3) is 0.350. The molecule has 4 rings (SSSR count). The Kier molecular flexibility index (Phi) is 6.24. The monoisotopic (exact) mass is 474 g/mol. The molecule has 0 bridgehead atoms. The summed E-state index contributed by atoms with van der Waals surface area (Å²) in [5.41, 5.74) is 0.780. The molecule has 1 amide bonds. The van der Waals surface area contributed by atoms with Gasteiger partial charge in [-0.2, -0.15) is 4.31 Å². The standard InChI is InChI=1S/C20H22N6O6S/c1-14-4-3-9-24(12-14)33(30,31)17-7-8-18-19(11-17)25(23-22-18)32-13-20(27)21-15-5-2-6-16(10-15)26(28)29/h2,5-8,10-11,14H,3-4,9,12-13H2,1H3,(H,21,27). The lowest BCUT2D eigenvalue weighted by molar-refractivity contribution is -0.384. The Morgan fingerprint density at radius 2 is 2.12 bits per heavy atom. The van der Waals surface area contributed by atoms with Crippen LogP contribution in [0.25, 0.3) is 11.0 Å². The van der Waals surface area contributed by atoms with Gasteiger partial charge in [-0.1, -0.05) is 17.8 Å². The molecule has 0 saturated carbocycles. The van der Waals surface area contributed by atoms with E-state index in [1.807, 2.05) is 6.92 Å². The fourth-order valence-electron chi connectivity index (χ4n) is 3.66. The zero-order valence-corrected chi connectivity index (χ0v) is 18.6. The Morgan fingerprint density at radius 1 is 1.30 bits per heavy atom. The number of anilines is 1. The fourth-order valence-corrected chi connectivity index (χ4v) is 5.28. The molecule has 0 aliphatic carbocycles. The van der Waals surface area contributed by atoms with E-state index in [0.717, 1.165) is 17.7 Å². The number of benzene rings is 2. The number of nitro benzene ring substituents is 1. The molecule has 1 aromatic heterocycles. The molecule has 1 atom stereocenters. The van der Waals surface area contributed by atoms with Crippen LogP contribution in [-0.4, -0.2) is 58.4 Å². The molecule has 33 heavy (non-hydrogen) atoms. The highest BCUT2D eigenvalue weighted by Crippen LogP contribution is 2.25. The van der Waals surface area contributed by atoms with Crippen LogP contribution in [-0.2, 0) is 14.8 Å². The van der Waals surface area contributed by atoms with Crippen LogP contribution in [0.2, 0.25) is 0 Å². The normalized spacial score (nSPS) is 17.1. The predicted octanol–water partition coefficient (Wildman–Crippen LogP) is 1.83. The van der Waals surface area contributed by atoms with Crippen LogP contribution in [0.1, 0.15) is 19.8 Å². The topological polar surface area (TPSA) is 150 Å². The lowest BCUT2D eigenvalue weighted by Crippen LogP contribution is -2.39. The number of nitrogens with one attached hydrogen (secondary N) is 1. The van der Waals surface area contributed by atoms with E-state index in [-0.39, 0.29) is 22.2 Å². The van der Waals surface area contributed by atoms with Crippen molar-refractivity contribution >= 4 is 38.3 Å². The van der Waals surface area contributed by atoms with Crippen molar-refractivity contribution in [3.05, 3.63) is 52.6 Å². The van der Waals surface area contributed by atoms with Crippen LogP contribution in [0.3, 0.4) is 0 Å². The number of nitro groups is 1. The average Bonchev–Trinajstić information content (AvgIpc) is 3.20. The minimum Gasteiger partial charge on any atom is -0.385 e. The Labute approximate surface area is 189 Å². The summed E-state index contributed by atoms with van der Waals surface area (Å²) < 4.78 is 27.6. The molecule has 2 heterocycles. The quantitative estimate of drug-likeness (QED) is 0.402. The van der Waals surface area contributed by atoms with Crippen molar-refractivity contribution < 1.29 is 23.0 Å². The number of rotatable bonds is 7. The third kappa shape index (κ3) is 4.93. The number of aromatic nitrogens is 3. The lowest BCUT2D eigenvalue weighted by Gasteiger charge is -2.30. The molecule has 13 heteroatoms. The molecule has 2 aromatic carbocycles. The first-order valence-electron chi connectivity index (χ1n) is 10.3. The zero-order chi connectivity index (χ0) is 23.6. The maximum atomic E-state index is 13.1. The third-order valence-corrected chi connectivity index (χ3v) is 7.16. The molecular weight excluding hydrogens is 452 g/mol. The number of nitrogens with zero attached hydrogens (tertiary/aromatic N) is 5. The van der Waals surface area contributed by atoms with Gasteiger partial charge in [0.1, 0.15) is 11.0 Å². The third-order valence-electron chi connectivity index (χ3n) is 5.30.